The second-order valence-electron chi connectivity index (χ2n) is 5.22. The monoisotopic (exact) mass is 323 g/mol. The van der Waals surface area contributed by atoms with Gasteiger partial charge in [0.25, 0.3) is 0 Å². The van der Waals surface area contributed by atoms with Crippen molar-refractivity contribution in [2.24, 2.45) is 5.73 Å². The van der Waals surface area contributed by atoms with Gasteiger partial charge in [0.1, 0.15) is 0 Å². The Hall–Kier alpha value is -1.82. The molecule has 2 atom stereocenters. The fourth-order valence-electron chi connectivity index (χ4n) is 2.32. The van der Waals surface area contributed by atoms with Gasteiger partial charge >= 0.3 is 0 Å². The van der Waals surface area contributed by atoms with Crippen LogP contribution in [-0.4, -0.2) is 34.6 Å². The summed E-state index contributed by atoms with van der Waals surface area (Å²) in [5, 5.41) is 9.35. The van der Waals surface area contributed by atoms with Gasteiger partial charge in [-0.1, -0.05) is 24.3 Å². The molecule has 0 saturated heterocycles. The predicted octanol–water partition coefficient (Wildman–Crippen LogP) is 1.47. The number of nitrogens with two attached hydrogens (primary N) is 1. The zero-order chi connectivity index (χ0) is 15.7. The maximum Gasteiger partial charge on any atom is 0.190 e. The Morgan fingerprint density at radius 2 is 1.68 bits per heavy atom. The molecule has 6 heteroatoms. The summed E-state index contributed by atoms with van der Waals surface area (Å²) in [6.45, 7) is 2.94. The van der Waals surface area contributed by atoms with Gasteiger partial charge < -0.3 is 10.8 Å². The summed E-state index contributed by atoms with van der Waals surface area (Å²) in [5.74, 6) is -1.03. The summed E-state index contributed by atoms with van der Waals surface area (Å²) >= 11 is 0. The van der Waals surface area contributed by atoms with Crippen LogP contribution in [0, 0.1) is 0 Å². The molecule has 1 aromatic rings. The minimum Gasteiger partial charge on any atom is -0.391 e. The van der Waals surface area contributed by atoms with Crippen LogP contribution in [0.5, 0.6) is 0 Å². The highest BCUT2D eigenvalue weighted by molar-refractivity contribution is 6.27. The lowest BCUT2D eigenvalue weighted by Crippen LogP contribution is -2.41. The summed E-state index contributed by atoms with van der Waals surface area (Å²) < 4.78 is 0. The van der Waals surface area contributed by atoms with Crippen molar-refractivity contribution in [1.29, 1.82) is 0 Å². The molecule has 5 nitrogen and oxygen atoms in total. The number of carbonyl (C=O) groups excluding carboxylic acids is 3. The Morgan fingerprint density at radius 1 is 1.18 bits per heavy atom. The Labute approximate surface area is 134 Å². The third-order valence-electron chi connectivity index (χ3n) is 3.73. The first-order chi connectivity index (χ1) is 9.84. The van der Waals surface area contributed by atoms with Gasteiger partial charge in [0.05, 0.1) is 12.1 Å². The number of carbonyl (C=O) groups is 3. The van der Waals surface area contributed by atoms with Crippen molar-refractivity contribution in [3.05, 3.63) is 46.5 Å². The van der Waals surface area contributed by atoms with Gasteiger partial charge in [0.15, 0.2) is 17.3 Å². The molecule has 0 bridgehead atoms. The van der Waals surface area contributed by atoms with E-state index in [2.05, 4.69) is 0 Å². The number of aliphatic hydroxyl groups is 1. The van der Waals surface area contributed by atoms with Crippen LogP contribution in [0.1, 0.15) is 41.0 Å². The van der Waals surface area contributed by atoms with E-state index in [4.69, 9.17) is 5.73 Å². The first kappa shape index (κ1) is 18.2. The van der Waals surface area contributed by atoms with Crippen LogP contribution in [-0.2, 0) is 4.79 Å². The number of benzene rings is 1. The Bertz CT molecular complexity index is 664. The Balaban J connectivity index is 0.00000242. The van der Waals surface area contributed by atoms with E-state index in [9.17, 15) is 19.5 Å². The van der Waals surface area contributed by atoms with Crippen LogP contribution < -0.4 is 5.73 Å². The molecule has 0 saturated carbocycles. The summed E-state index contributed by atoms with van der Waals surface area (Å²) in [7, 11) is 0. The fourth-order valence-corrected chi connectivity index (χ4v) is 2.32. The zero-order valence-electron chi connectivity index (χ0n) is 12.3. The molecule has 0 aromatic heterocycles. The van der Waals surface area contributed by atoms with Crippen molar-refractivity contribution in [2.75, 3.05) is 0 Å². The molecule has 2 rings (SSSR count). The van der Waals surface area contributed by atoms with Crippen LogP contribution in [0.2, 0.25) is 0 Å². The SMILES string of the molecule is CC1=C(CC(=O)[C@@H](N)[C@@H](C)O)C(=O)c2ccccc2C1=O.Cl. The lowest BCUT2D eigenvalue weighted by molar-refractivity contribution is -0.121. The predicted molar refractivity (Wildman–Crippen MR) is 84.3 cm³/mol. The molecule has 3 N–H and O–H groups in total. The number of halogens is 1. The van der Waals surface area contributed by atoms with E-state index in [1.165, 1.54) is 13.8 Å². The topological polar surface area (TPSA) is 97.5 Å². The number of aliphatic hydroxyl groups excluding tert-OH is 1. The van der Waals surface area contributed by atoms with E-state index in [0.29, 0.717) is 11.1 Å². The molecule has 118 valence electrons. The molecule has 1 aliphatic carbocycles. The second kappa shape index (κ2) is 6.96. The summed E-state index contributed by atoms with van der Waals surface area (Å²) in [6.07, 6.45) is -1.24. The molecule has 0 aliphatic heterocycles. The van der Waals surface area contributed by atoms with Gasteiger partial charge in [0.2, 0.25) is 0 Å². The van der Waals surface area contributed by atoms with E-state index in [0.717, 1.165) is 0 Å². The number of rotatable bonds is 4. The molecule has 0 amide bonds. The highest BCUT2D eigenvalue weighted by atomic mass is 35.5. The Kier molecular flexibility index (Phi) is 5.77. The normalized spacial score (nSPS) is 16.7. The molecule has 1 aliphatic rings. The maximum absolute atomic E-state index is 12.4. The maximum atomic E-state index is 12.4. The quantitative estimate of drug-likeness (QED) is 0.874. The smallest absolute Gasteiger partial charge is 0.190 e. The van der Waals surface area contributed by atoms with E-state index in [1.807, 2.05) is 0 Å². The van der Waals surface area contributed by atoms with E-state index < -0.39 is 17.9 Å². The van der Waals surface area contributed by atoms with E-state index in [-0.39, 0.29) is 41.5 Å². The number of allylic oxidation sites excluding steroid dienone is 2. The third-order valence-corrected chi connectivity index (χ3v) is 3.73. The number of hydrogen-bond donors (Lipinski definition) is 2. The van der Waals surface area contributed by atoms with Gasteiger partial charge in [-0.05, 0) is 13.8 Å². The minimum absolute atomic E-state index is 0. The first-order valence-electron chi connectivity index (χ1n) is 6.69. The molecule has 22 heavy (non-hydrogen) atoms. The van der Waals surface area contributed by atoms with E-state index in [1.54, 1.807) is 24.3 Å². The van der Waals surface area contributed by atoms with Crippen molar-refractivity contribution in [3.63, 3.8) is 0 Å². The lowest BCUT2D eigenvalue weighted by Gasteiger charge is -2.20. The highest BCUT2D eigenvalue weighted by Gasteiger charge is 2.32. The molecule has 0 spiro atoms. The number of ketones is 3. The molecular weight excluding hydrogens is 306 g/mol. The van der Waals surface area contributed by atoms with Gasteiger partial charge in [-0.15, -0.1) is 12.4 Å². The first-order valence-corrected chi connectivity index (χ1v) is 6.69. The summed E-state index contributed by atoms with van der Waals surface area (Å²) in [5.41, 5.74) is 6.68. The van der Waals surface area contributed by atoms with Crippen LogP contribution in [0.15, 0.2) is 35.4 Å². The van der Waals surface area contributed by atoms with Crippen molar-refractivity contribution < 1.29 is 19.5 Å². The molecular formula is C16H18ClNO4. The largest absolute Gasteiger partial charge is 0.391 e. The zero-order valence-corrected chi connectivity index (χ0v) is 13.1. The van der Waals surface area contributed by atoms with E-state index >= 15 is 0 Å². The van der Waals surface area contributed by atoms with Gasteiger partial charge in [-0.2, -0.15) is 0 Å². The second-order valence-corrected chi connectivity index (χ2v) is 5.22. The lowest BCUT2D eigenvalue weighted by atomic mass is 9.82. The van der Waals surface area contributed by atoms with Crippen LogP contribution in [0.4, 0.5) is 0 Å². The molecule has 1 aromatic carbocycles. The van der Waals surface area contributed by atoms with Crippen LogP contribution in [0.3, 0.4) is 0 Å². The van der Waals surface area contributed by atoms with Crippen molar-refractivity contribution in [1.82, 2.24) is 0 Å². The standard InChI is InChI=1S/C16H17NO4.ClH/c1-8-12(7-13(19)14(17)9(2)18)16(21)11-6-4-3-5-10(11)15(8)20;/h3-6,9,14,18H,7,17H2,1-2H3;1H/t9-,14+;/m1./s1. The van der Waals surface area contributed by atoms with Gasteiger partial charge in [-0.25, -0.2) is 0 Å². The third kappa shape index (κ3) is 3.16. The number of hydrogen-bond acceptors (Lipinski definition) is 5. The fraction of sp³-hybridized carbons (Fsp3) is 0.312. The number of fused-ring (bicyclic) bond motifs is 1. The average molecular weight is 324 g/mol. The van der Waals surface area contributed by atoms with Gasteiger partial charge in [0, 0.05) is 28.7 Å². The molecule has 0 heterocycles. The number of Topliss-reactive ketones (excluding diaryl/α,β-unsaturated/α-hetero) is 3. The average Bonchev–Trinajstić information content (AvgIpc) is 2.48. The van der Waals surface area contributed by atoms with Crippen molar-refractivity contribution in [2.45, 2.75) is 32.4 Å². The van der Waals surface area contributed by atoms with Crippen molar-refractivity contribution in [3.8, 4) is 0 Å². The Morgan fingerprint density at radius 3 is 2.18 bits per heavy atom. The van der Waals surface area contributed by atoms with Gasteiger partial charge in [-0.3, -0.25) is 14.4 Å². The molecule has 0 unspecified atom stereocenters. The minimum atomic E-state index is -1.06. The highest BCUT2D eigenvalue weighted by Crippen LogP contribution is 2.28. The van der Waals surface area contributed by atoms with Crippen LogP contribution in [0.25, 0.3) is 0 Å². The van der Waals surface area contributed by atoms with Crippen LogP contribution >= 0.6 is 12.4 Å². The summed E-state index contributed by atoms with van der Waals surface area (Å²) in [6, 6.07) is 5.47. The molecule has 0 radical (unpaired) electrons. The summed E-state index contributed by atoms with van der Waals surface area (Å²) in [4.78, 5) is 36.7. The van der Waals surface area contributed by atoms with Crippen molar-refractivity contribution >= 4 is 29.8 Å². The molecule has 0 fully saturated rings.